The van der Waals surface area contributed by atoms with Crippen LogP contribution in [-0.4, -0.2) is 18.4 Å². The van der Waals surface area contributed by atoms with Crippen molar-refractivity contribution in [1.29, 1.82) is 0 Å². The third-order valence-electron chi connectivity index (χ3n) is 5.31. The van der Waals surface area contributed by atoms with E-state index in [9.17, 15) is 9.59 Å². The second-order valence-electron chi connectivity index (χ2n) is 7.59. The number of hydrogen-bond donors (Lipinski definition) is 1. The van der Waals surface area contributed by atoms with Crippen LogP contribution in [0.1, 0.15) is 43.8 Å². The molecule has 3 aromatic carbocycles. The summed E-state index contributed by atoms with van der Waals surface area (Å²) in [5.41, 5.74) is 6.27. The van der Waals surface area contributed by atoms with Gasteiger partial charge in [0.2, 0.25) is 0 Å². The number of rotatable bonds is 3. The molecule has 0 saturated carbocycles. The summed E-state index contributed by atoms with van der Waals surface area (Å²) in [6, 6.07) is 21.0. The van der Waals surface area contributed by atoms with Crippen LogP contribution in [0.4, 0.5) is 11.4 Å². The van der Waals surface area contributed by atoms with Crippen molar-refractivity contribution in [3.05, 3.63) is 94.5 Å². The molecule has 0 atom stereocenters. The number of nitrogens with one attached hydrogen (secondary N) is 1. The summed E-state index contributed by atoms with van der Waals surface area (Å²) in [6.45, 7) is 4.71. The van der Waals surface area contributed by atoms with Crippen molar-refractivity contribution in [2.45, 2.75) is 26.7 Å². The number of carbonyl (C=O) groups excluding carboxylic acids is 2. The number of carbonyl (C=O) groups is 2. The first-order valence-electron chi connectivity index (χ1n) is 9.91. The van der Waals surface area contributed by atoms with E-state index in [1.54, 1.807) is 6.07 Å². The molecule has 0 radical (unpaired) electrons. The minimum atomic E-state index is -0.140. The van der Waals surface area contributed by atoms with Crippen LogP contribution in [0.5, 0.6) is 0 Å². The third kappa shape index (κ3) is 4.06. The Labute approximate surface area is 171 Å². The van der Waals surface area contributed by atoms with Gasteiger partial charge in [0.05, 0.1) is 0 Å². The average Bonchev–Trinajstić information content (AvgIpc) is 2.74. The highest BCUT2D eigenvalue weighted by Crippen LogP contribution is 2.30. The molecular weight excluding hydrogens is 360 g/mol. The first-order chi connectivity index (χ1) is 14.0. The largest absolute Gasteiger partial charge is 0.322 e. The minimum Gasteiger partial charge on any atom is -0.322 e. The molecule has 1 N–H and O–H groups in total. The number of nitrogens with zero attached hydrogens (tertiary/aromatic N) is 1. The van der Waals surface area contributed by atoms with E-state index in [0.717, 1.165) is 40.9 Å². The molecule has 146 valence electrons. The molecule has 1 heterocycles. The van der Waals surface area contributed by atoms with Crippen molar-refractivity contribution in [3.8, 4) is 0 Å². The molecule has 0 saturated heterocycles. The molecule has 4 heteroatoms. The van der Waals surface area contributed by atoms with Gasteiger partial charge in [0.25, 0.3) is 11.8 Å². The molecule has 0 unspecified atom stereocenters. The molecule has 1 aliphatic rings. The second-order valence-corrected chi connectivity index (χ2v) is 7.59. The molecule has 3 aromatic rings. The Balaban J connectivity index is 1.56. The lowest BCUT2D eigenvalue weighted by atomic mass is 9.98. The Morgan fingerprint density at radius 1 is 0.828 bits per heavy atom. The summed E-state index contributed by atoms with van der Waals surface area (Å²) < 4.78 is 0. The number of aryl methyl sites for hydroxylation is 3. The zero-order valence-electron chi connectivity index (χ0n) is 16.7. The van der Waals surface area contributed by atoms with E-state index in [-0.39, 0.29) is 11.8 Å². The smallest absolute Gasteiger partial charge is 0.258 e. The zero-order chi connectivity index (χ0) is 20.4. The van der Waals surface area contributed by atoms with Gasteiger partial charge in [0, 0.05) is 29.0 Å². The van der Waals surface area contributed by atoms with Crippen LogP contribution in [0.25, 0.3) is 0 Å². The van der Waals surface area contributed by atoms with Crippen molar-refractivity contribution in [2.75, 3.05) is 16.8 Å². The summed E-state index contributed by atoms with van der Waals surface area (Å²) in [7, 11) is 0. The SMILES string of the molecule is Cc1ccc(NC(=O)c2ccc3c(c2)CCCN3C(=O)c2ccc(C)cc2)cc1. The molecule has 29 heavy (non-hydrogen) atoms. The van der Waals surface area contributed by atoms with Gasteiger partial charge in [-0.15, -0.1) is 0 Å². The van der Waals surface area contributed by atoms with Crippen molar-refractivity contribution in [3.63, 3.8) is 0 Å². The maximum Gasteiger partial charge on any atom is 0.258 e. The van der Waals surface area contributed by atoms with Gasteiger partial charge in [-0.25, -0.2) is 0 Å². The molecule has 2 amide bonds. The lowest BCUT2D eigenvalue weighted by Gasteiger charge is -2.30. The first-order valence-corrected chi connectivity index (χ1v) is 9.91. The molecule has 0 fully saturated rings. The molecule has 4 nitrogen and oxygen atoms in total. The molecule has 0 bridgehead atoms. The van der Waals surface area contributed by atoms with Crippen molar-refractivity contribution < 1.29 is 9.59 Å². The molecule has 0 aliphatic carbocycles. The number of hydrogen-bond acceptors (Lipinski definition) is 2. The van der Waals surface area contributed by atoms with Crippen LogP contribution < -0.4 is 10.2 Å². The van der Waals surface area contributed by atoms with Crippen molar-refractivity contribution >= 4 is 23.2 Å². The highest BCUT2D eigenvalue weighted by atomic mass is 16.2. The van der Waals surface area contributed by atoms with Gasteiger partial charge >= 0.3 is 0 Å². The van der Waals surface area contributed by atoms with E-state index < -0.39 is 0 Å². The van der Waals surface area contributed by atoms with E-state index >= 15 is 0 Å². The summed E-state index contributed by atoms with van der Waals surface area (Å²) in [6.07, 6.45) is 1.74. The van der Waals surface area contributed by atoms with Gasteiger partial charge in [-0.1, -0.05) is 35.4 Å². The lowest BCUT2D eigenvalue weighted by molar-refractivity contribution is 0.0984. The summed E-state index contributed by atoms with van der Waals surface area (Å²) in [4.78, 5) is 27.5. The maximum atomic E-state index is 13.0. The second kappa shape index (κ2) is 7.92. The molecular formula is C25H24N2O2. The fourth-order valence-corrected chi connectivity index (χ4v) is 3.64. The van der Waals surface area contributed by atoms with Gasteiger partial charge in [-0.2, -0.15) is 0 Å². The van der Waals surface area contributed by atoms with Crippen LogP contribution in [0.15, 0.2) is 66.7 Å². The van der Waals surface area contributed by atoms with Crippen LogP contribution in [0.2, 0.25) is 0 Å². The van der Waals surface area contributed by atoms with E-state index in [2.05, 4.69) is 5.32 Å². The fraction of sp³-hybridized carbons (Fsp3) is 0.200. The standard InChI is InChI=1S/C25H24N2O2/c1-17-5-9-19(10-6-17)25(29)27-15-3-4-20-16-21(11-14-23(20)27)24(28)26-22-12-7-18(2)8-13-22/h5-14,16H,3-4,15H2,1-2H3,(H,26,28). The van der Waals surface area contributed by atoms with Crippen molar-refractivity contribution in [1.82, 2.24) is 0 Å². The zero-order valence-corrected chi connectivity index (χ0v) is 16.7. The van der Waals surface area contributed by atoms with Crippen LogP contribution in [-0.2, 0) is 6.42 Å². The normalized spacial score (nSPS) is 13.0. The Morgan fingerprint density at radius 2 is 1.45 bits per heavy atom. The molecule has 1 aliphatic heterocycles. The Bertz CT molecular complexity index is 1050. The summed E-state index contributed by atoms with van der Waals surface area (Å²) in [5.74, 6) is -0.138. The van der Waals surface area contributed by atoms with Gasteiger partial charge in [0.15, 0.2) is 0 Å². The van der Waals surface area contributed by atoms with E-state index in [4.69, 9.17) is 0 Å². The lowest BCUT2D eigenvalue weighted by Crippen LogP contribution is -2.35. The van der Waals surface area contributed by atoms with E-state index in [0.29, 0.717) is 17.7 Å². The molecule has 4 rings (SSSR count). The number of amides is 2. The van der Waals surface area contributed by atoms with E-state index in [1.165, 1.54) is 0 Å². The number of fused-ring (bicyclic) bond motifs is 1. The van der Waals surface area contributed by atoms with Gasteiger partial charge < -0.3 is 10.2 Å². The van der Waals surface area contributed by atoms with Crippen LogP contribution in [0.3, 0.4) is 0 Å². The Morgan fingerprint density at radius 3 is 2.14 bits per heavy atom. The molecule has 0 aromatic heterocycles. The average molecular weight is 384 g/mol. The first kappa shape index (κ1) is 18.9. The predicted octanol–water partition coefficient (Wildman–Crippen LogP) is 5.15. The van der Waals surface area contributed by atoms with Crippen LogP contribution in [0, 0.1) is 13.8 Å². The highest BCUT2D eigenvalue weighted by molar-refractivity contribution is 6.08. The van der Waals surface area contributed by atoms with Crippen LogP contribution >= 0.6 is 0 Å². The minimum absolute atomic E-state index is 0.00260. The maximum absolute atomic E-state index is 13.0. The fourth-order valence-electron chi connectivity index (χ4n) is 3.64. The van der Waals surface area contributed by atoms with E-state index in [1.807, 2.05) is 79.4 Å². The highest BCUT2D eigenvalue weighted by Gasteiger charge is 2.24. The quantitative estimate of drug-likeness (QED) is 0.679. The topological polar surface area (TPSA) is 49.4 Å². The predicted molar refractivity (Wildman–Crippen MR) is 117 cm³/mol. The number of benzene rings is 3. The van der Waals surface area contributed by atoms with Gasteiger partial charge in [0.1, 0.15) is 0 Å². The Hall–Kier alpha value is -3.40. The van der Waals surface area contributed by atoms with Gasteiger partial charge in [-0.05, 0) is 74.7 Å². The van der Waals surface area contributed by atoms with Gasteiger partial charge in [-0.3, -0.25) is 9.59 Å². The van der Waals surface area contributed by atoms with Crippen molar-refractivity contribution in [2.24, 2.45) is 0 Å². The monoisotopic (exact) mass is 384 g/mol. The summed E-state index contributed by atoms with van der Waals surface area (Å²) >= 11 is 0. The molecule has 0 spiro atoms. The third-order valence-corrected chi connectivity index (χ3v) is 5.31. The summed E-state index contributed by atoms with van der Waals surface area (Å²) in [5, 5.41) is 2.94. The Kier molecular flexibility index (Phi) is 5.17. The number of anilines is 2.